The Bertz CT molecular complexity index is 541. The van der Waals surface area contributed by atoms with E-state index < -0.39 is 40.6 Å². The Balaban J connectivity index is 2.53. The van der Waals surface area contributed by atoms with Gasteiger partial charge in [-0.3, -0.25) is 4.79 Å². The average molecular weight is 277 g/mol. The van der Waals surface area contributed by atoms with E-state index in [9.17, 15) is 26.7 Å². The van der Waals surface area contributed by atoms with Crippen molar-refractivity contribution in [1.29, 1.82) is 0 Å². The predicted molar refractivity (Wildman–Crippen MR) is 55.6 cm³/mol. The molecule has 0 N–H and O–H groups in total. The van der Waals surface area contributed by atoms with Crippen LogP contribution in [0.1, 0.15) is 23.2 Å². The van der Waals surface area contributed by atoms with Crippen molar-refractivity contribution in [3.8, 4) is 0 Å². The van der Waals surface area contributed by atoms with Gasteiger partial charge in [-0.1, -0.05) is 6.08 Å². The number of amides is 1. The van der Waals surface area contributed by atoms with Gasteiger partial charge >= 0.3 is 0 Å². The van der Waals surface area contributed by atoms with Crippen LogP contribution in [-0.2, 0) is 0 Å². The number of halogens is 5. The summed E-state index contributed by atoms with van der Waals surface area (Å²) in [5, 5.41) is 0. The number of benzene rings is 1. The van der Waals surface area contributed by atoms with Crippen LogP contribution in [0.3, 0.4) is 0 Å². The summed E-state index contributed by atoms with van der Waals surface area (Å²) in [6, 6.07) is 0. The van der Waals surface area contributed by atoms with Gasteiger partial charge in [0.15, 0.2) is 23.3 Å². The molecule has 0 atom stereocenters. The zero-order valence-electron chi connectivity index (χ0n) is 9.52. The fourth-order valence-corrected chi connectivity index (χ4v) is 1.76. The van der Waals surface area contributed by atoms with E-state index in [0.717, 1.165) is 4.90 Å². The summed E-state index contributed by atoms with van der Waals surface area (Å²) in [4.78, 5) is 12.7. The van der Waals surface area contributed by atoms with Gasteiger partial charge in [-0.25, -0.2) is 22.0 Å². The molecule has 19 heavy (non-hydrogen) atoms. The first-order chi connectivity index (χ1) is 8.95. The average Bonchev–Trinajstić information content (AvgIpc) is 2.44. The number of nitrogens with zero attached hydrogens (tertiary/aromatic N) is 1. The number of carbonyl (C=O) groups excluding carboxylic acids is 1. The van der Waals surface area contributed by atoms with Crippen molar-refractivity contribution in [1.82, 2.24) is 4.90 Å². The summed E-state index contributed by atoms with van der Waals surface area (Å²) in [5.74, 6) is -12.0. The Labute approximate surface area is 105 Å². The van der Waals surface area contributed by atoms with Crippen LogP contribution >= 0.6 is 0 Å². The molecule has 1 aromatic carbocycles. The van der Waals surface area contributed by atoms with E-state index in [1.165, 1.54) is 6.20 Å². The summed E-state index contributed by atoms with van der Waals surface area (Å²) in [5.41, 5.74) is -1.43. The topological polar surface area (TPSA) is 20.3 Å². The van der Waals surface area contributed by atoms with Gasteiger partial charge in [0.2, 0.25) is 5.82 Å². The summed E-state index contributed by atoms with van der Waals surface area (Å²) >= 11 is 0. The molecule has 7 heteroatoms. The van der Waals surface area contributed by atoms with Crippen molar-refractivity contribution >= 4 is 5.91 Å². The molecule has 0 spiro atoms. The van der Waals surface area contributed by atoms with Crippen molar-refractivity contribution in [2.45, 2.75) is 12.8 Å². The van der Waals surface area contributed by atoms with Crippen molar-refractivity contribution < 1.29 is 26.7 Å². The molecule has 1 aliphatic heterocycles. The zero-order valence-corrected chi connectivity index (χ0v) is 9.52. The van der Waals surface area contributed by atoms with Crippen LogP contribution < -0.4 is 0 Å². The van der Waals surface area contributed by atoms with Crippen molar-refractivity contribution in [3.05, 3.63) is 46.9 Å². The fourth-order valence-electron chi connectivity index (χ4n) is 1.76. The number of hydrogen-bond donors (Lipinski definition) is 0. The third-order valence-corrected chi connectivity index (χ3v) is 2.74. The highest BCUT2D eigenvalue weighted by Gasteiger charge is 2.31. The van der Waals surface area contributed by atoms with Crippen molar-refractivity contribution in [3.63, 3.8) is 0 Å². The summed E-state index contributed by atoms with van der Waals surface area (Å²) in [6.45, 7) is 0.162. The third-order valence-electron chi connectivity index (χ3n) is 2.74. The predicted octanol–water partition coefficient (Wildman–Crippen LogP) is 3.13. The molecule has 0 aliphatic carbocycles. The third kappa shape index (κ3) is 2.20. The molecule has 0 saturated heterocycles. The van der Waals surface area contributed by atoms with Crippen LogP contribution in [-0.4, -0.2) is 17.4 Å². The summed E-state index contributed by atoms with van der Waals surface area (Å²) in [7, 11) is 0. The highest BCUT2D eigenvalue weighted by Crippen LogP contribution is 2.25. The normalized spacial score (nSPS) is 14.9. The molecule has 1 aliphatic rings. The molecule has 1 heterocycles. The smallest absolute Gasteiger partial charge is 0.263 e. The number of rotatable bonds is 1. The lowest BCUT2D eigenvalue weighted by Crippen LogP contribution is -2.31. The van der Waals surface area contributed by atoms with Crippen LogP contribution in [0.25, 0.3) is 0 Å². The minimum Gasteiger partial charge on any atom is -0.315 e. The van der Waals surface area contributed by atoms with E-state index in [4.69, 9.17) is 0 Å². The van der Waals surface area contributed by atoms with Crippen LogP contribution in [0.2, 0.25) is 0 Å². The zero-order chi connectivity index (χ0) is 14.2. The Morgan fingerprint density at radius 2 is 1.47 bits per heavy atom. The molecule has 102 valence electrons. The lowest BCUT2D eigenvalue weighted by atomic mass is 10.1. The molecule has 1 aromatic rings. The highest BCUT2D eigenvalue weighted by atomic mass is 19.2. The van der Waals surface area contributed by atoms with Gasteiger partial charge < -0.3 is 4.90 Å². The van der Waals surface area contributed by atoms with E-state index in [-0.39, 0.29) is 6.54 Å². The van der Waals surface area contributed by atoms with Gasteiger partial charge in [0, 0.05) is 12.7 Å². The van der Waals surface area contributed by atoms with Gasteiger partial charge in [-0.05, 0) is 12.8 Å². The van der Waals surface area contributed by atoms with Gasteiger partial charge in [0.1, 0.15) is 5.56 Å². The Hall–Kier alpha value is -1.92. The van der Waals surface area contributed by atoms with E-state index in [1.807, 2.05) is 0 Å². The first-order valence-corrected chi connectivity index (χ1v) is 5.44. The minimum absolute atomic E-state index is 0.162. The first-order valence-electron chi connectivity index (χ1n) is 5.44. The number of carbonyl (C=O) groups is 1. The maximum absolute atomic E-state index is 13.4. The molecule has 0 unspecified atom stereocenters. The first kappa shape index (κ1) is 13.5. The second-order valence-corrected chi connectivity index (χ2v) is 3.97. The molecule has 0 bridgehead atoms. The van der Waals surface area contributed by atoms with Crippen molar-refractivity contribution in [2.75, 3.05) is 6.54 Å². The molecule has 0 fully saturated rings. The van der Waals surface area contributed by atoms with Crippen LogP contribution in [0.15, 0.2) is 12.3 Å². The summed E-state index contributed by atoms with van der Waals surface area (Å²) in [6.07, 6.45) is 4.08. The molecule has 1 amide bonds. The molecule has 0 saturated carbocycles. The Morgan fingerprint density at radius 1 is 0.947 bits per heavy atom. The molecule has 0 aromatic heterocycles. The molecular formula is C12H8F5NO. The second-order valence-electron chi connectivity index (χ2n) is 3.97. The quantitative estimate of drug-likeness (QED) is 0.439. The maximum atomic E-state index is 13.4. The van der Waals surface area contributed by atoms with Gasteiger partial charge in [-0.15, -0.1) is 0 Å². The SMILES string of the molecule is O=C(c1c(F)c(F)c(F)c(F)c1F)N1C=CCCC1. The maximum Gasteiger partial charge on any atom is 0.263 e. The fraction of sp³-hybridized carbons (Fsp3) is 0.250. The monoisotopic (exact) mass is 277 g/mol. The van der Waals surface area contributed by atoms with Crippen molar-refractivity contribution in [2.24, 2.45) is 0 Å². The van der Waals surface area contributed by atoms with E-state index in [1.54, 1.807) is 6.08 Å². The second kappa shape index (κ2) is 4.99. The van der Waals surface area contributed by atoms with Gasteiger partial charge in [0.25, 0.3) is 5.91 Å². The van der Waals surface area contributed by atoms with E-state index >= 15 is 0 Å². The number of allylic oxidation sites excluding steroid dienone is 1. The lowest BCUT2D eigenvalue weighted by Gasteiger charge is -2.22. The largest absolute Gasteiger partial charge is 0.315 e. The lowest BCUT2D eigenvalue weighted by molar-refractivity contribution is 0.0802. The van der Waals surface area contributed by atoms with Gasteiger partial charge in [0.05, 0.1) is 0 Å². The summed E-state index contributed by atoms with van der Waals surface area (Å²) < 4.78 is 65.6. The van der Waals surface area contributed by atoms with Crippen LogP contribution in [0.4, 0.5) is 22.0 Å². The highest BCUT2D eigenvalue weighted by molar-refractivity contribution is 5.95. The molecule has 2 nitrogen and oxygen atoms in total. The minimum atomic E-state index is -2.28. The molecule has 0 radical (unpaired) electrons. The van der Waals surface area contributed by atoms with E-state index in [2.05, 4.69) is 0 Å². The standard InChI is InChI=1S/C12H8F5NO/c13-7-6(8(14)10(16)11(17)9(7)15)12(19)18-4-2-1-3-5-18/h2,4H,1,3,5H2. The number of hydrogen-bond acceptors (Lipinski definition) is 1. The van der Waals surface area contributed by atoms with Crippen LogP contribution in [0, 0.1) is 29.1 Å². The Kier molecular flexibility index (Phi) is 3.55. The Morgan fingerprint density at radius 3 is 1.95 bits per heavy atom. The van der Waals surface area contributed by atoms with E-state index in [0.29, 0.717) is 12.8 Å². The van der Waals surface area contributed by atoms with Crippen LogP contribution in [0.5, 0.6) is 0 Å². The molecule has 2 rings (SSSR count). The molecular weight excluding hydrogens is 269 g/mol. The van der Waals surface area contributed by atoms with Gasteiger partial charge in [-0.2, -0.15) is 0 Å².